The number of carbonyl (C=O) groups is 1. The number of ether oxygens (including phenoxy) is 1. The lowest BCUT2D eigenvalue weighted by atomic mass is 9.89. The van der Waals surface area contributed by atoms with E-state index in [1.54, 1.807) is 11.3 Å². The van der Waals surface area contributed by atoms with Gasteiger partial charge in [-0.15, -0.1) is 11.3 Å². The molecule has 0 saturated carbocycles. The van der Waals surface area contributed by atoms with E-state index < -0.39 is 0 Å². The Hall–Kier alpha value is -1.34. The number of hydrogen-bond donors (Lipinski definition) is 1. The minimum absolute atomic E-state index is 0.0956. The third-order valence-corrected chi connectivity index (χ3v) is 5.83. The maximum absolute atomic E-state index is 12.4. The molecule has 0 bridgehead atoms. The van der Waals surface area contributed by atoms with Crippen LogP contribution in [0.4, 0.5) is 0 Å². The summed E-state index contributed by atoms with van der Waals surface area (Å²) in [7, 11) is 0. The zero-order valence-electron chi connectivity index (χ0n) is 13.5. The van der Waals surface area contributed by atoms with Gasteiger partial charge in [0.25, 0.3) is 5.56 Å². The van der Waals surface area contributed by atoms with Gasteiger partial charge in [-0.1, -0.05) is 18.7 Å². The molecule has 0 unspecified atom stereocenters. The Balaban J connectivity index is 1.84. The molecule has 0 aromatic carbocycles. The molecule has 2 heterocycles. The van der Waals surface area contributed by atoms with Crippen LogP contribution in [0, 0.1) is 5.92 Å². The van der Waals surface area contributed by atoms with Crippen molar-refractivity contribution in [2.45, 2.75) is 51.3 Å². The molecule has 1 aliphatic rings. The van der Waals surface area contributed by atoms with E-state index in [-0.39, 0.29) is 23.4 Å². The first-order chi connectivity index (χ1) is 10.9. The summed E-state index contributed by atoms with van der Waals surface area (Å²) in [6.07, 6.45) is 2.96. The van der Waals surface area contributed by atoms with Crippen LogP contribution in [0.1, 0.15) is 37.6 Å². The average Bonchev–Trinajstić information content (AvgIpc) is 2.82. The normalized spacial score (nSPS) is 17.5. The second kappa shape index (κ2) is 6.65. The molecule has 0 spiro atoms. The SMILES string of the molecule is CC(C)OC(=O)CSc1nc2sc3c(c2c(=O)[nH]1)CC[C@@H](C)C3. The van der Waals surface area contributed by atoms with E-state index in [9.17, 15) is 9.59 Å². The first kappa shape index (κ1) is 16.5. The minimum Gasteiger partial charge on any atom is -0.462 e. The molecule has 124 valence electrons. The van der Waals surface area contributed by atoms with Crippen LogP contribution in [-0.2, 0) is 22.4 Å². The lowest BCUT2D eigenvalue weighted by Crippen LogP contribution is -2.15. The molecule has 1 atom stereocenters. The van der Waals surface area contributed by atoms with Crippen LogP contribution in [-0.4, -0.2) is 27.8 Å². The number of fused-ring (bicyclic) bond motifs is 3. The summed E-state index contributed by atoms with van der Waals surface area (Å²) in [4.78, 5) is 33.4. The van der Waals surface area contributed by atoms with Crippen LogP contribution in [0.15, 0.2) is 9.95 Å². The number of thiophene rings is 1. The maximum atomic E-state index is 12.4. The van der Waals surface area contributed by atoms with Crippen LogP contribution in [0.2, 0.25) is 0 Å². The number of aromatic nitrogens is 2. The van der Waals surface area contributed by atoms with Gasteiger partial charge in [-0.05, 0) is 44.6 Å². The van der Waals surface area contributed by atoms with Gasteiger partial charge >= 0.3 is 5.97 Å². The predicted molar refractivity (Wildman–Crippen MR) is 93.4 cm³/mol. The molecule has 5 nitrogen and oxygen atoms in total. The summed E-state index contributed by atoms with van der Waals surface area (Å²) in [6.45, 7) is 5.87. The van der Waals surface area contributed by atoms with Gasteiger partial charge in [-0.3, -0.25) is 9.59 Å². The quantitative estimate of drug-likeness (QED) is 0.520. The van der Waals surface area contributed by atoms with Crippen molar-refractivity contribution in [3.63, 3.8) is 0 Å². The minimum atomic E-state index is -0.299. The third kappa shape index (κ3) is 3.61. The lowest BCUT2D eigenvalue weighted by molar-refractivity contribution is -0.144. The van der Waals surface area contributed by atoms with E-state index in [1.165, 1.54) is 22.2 Å². The van der Waals surface area contributed by atoms with Gasteiger partial charge < -0.3 is 9.72 Å². The van der Waals surface area contributed by atoms with Crippen LogP contribution in [0.25, 0.3) is 10.2 Å². The molecule has 0 aliphatic heterocycles. The van der Waals surface area contributed by atoms with E-state index in [4.69, 9.17) is 4.74 Å². The third-order valence-electron chi connectivity index (χ3n) is 3.84. The number of thioether (sulfide) groups is 1. The number of nitrogens with zero attached hydrogens (tertiary/aromatic N) is 1. The predicted octanol–water partition coefficient (Wildman–Crippen LogP) is 3.15. The summed E-state index contributed by atoms with van der Waals surface area (Å²) in [5.41, 5.74) is 1.08. The van der Waals surface area contributed by atoms with Crippen molar-refractivity contribution in [2.24, 2.45) is 5.92 Å². The molecule has 0 amide bonds. The molecule has 23 heavy (non-hydrogen) atoms. The Bertz CT molecular complexity index is 794. The summed E-state index contributed by atoms with van der Waals surface area (Å²) in [5, 5.41) is 1.22. The molecule has 1 aliphatic carbocycles. The molecule has 3 rings (SSSR count). The van der Waals surface area contributed by atoms with Crippen molar-refractivity contribution < 1.29 is 9.53 Å². The second-order valence-corrected chi connectivity index (χ2v) is 8.28. The Morgan fingerprint density at radius 1 is 1.52 bits per heavy atom. The topological polar surface area (TPSA) is 72.0 Å². The summed E-state index contributed by atoms with van der Waals surface area (Å²) >= 11 is 2.83. The molecular weight excluding hydrogens is 332 g/mol. The zero-order valence-corrected chi connectivity index (χ0v) is 15.1. The molecule has 0 fully saturated rings. The van der Waals surface area contributed by atoms with E-state index in [1.807, 2.05) is 13.8 Å². The van der Waals surface area contributed by atoms with Gasteiger partial charge in [0.15, 0.2) is 5.16 Å². The highest BCUT2D eigenvalue weighted by Crippen LogP contribution is 2.36. The number of carbonyl (C=O) groups excluding carboxylic acids is 1. The van der Waals surface area contributed by atoms with Crippen molar-refractivity contribution in [2.75, 3.05) is 5.75 Å². The number of H-pyrrole nitrogens is 1. The Labute approximate surface area is 142 Å². The average molecular weight is 352 g/mol. The molecule has 1 N–H and O–H groups in total. The first-order valence-electron chi connectivity index (χ1n) is 7.81. The highest BCUT2D eigenvalue weighted by atomic mass is 32.2. The maximum Gasteiger partial charge on any atom is 0.316 e. The Morgan fingerprint density at radius 3 is 3.04 bits per heavy atom. The van der Waals surface area contributed by atoms with Crippen molar-refractivity contribution in [1.82, 2.24) is 9.97 Å². The number of esters is 1. The van der Waals surface area contributed by atoms with Gasteiger partial charge in [0, 0.05) is 4.88 Å². The summed E-state index contributed by atoms with van der Waals surface area (Å²) in [5.74, 6) is 0.510. The largest absolute Gasteiger partial charge is 0.462 e. The highest BCUT2D eigenvalue weighted by Gasteiger charge is 2.23. The van der Waals surface area contributed by atoms with E-state index in [0.717, 1.165) is 29.5 Å². The van der Waals surface area contributed by atoms with Gasteiger partial charge in [0.2, 0.25) is 0 Å². The summed E-state index contributed by atoms with van der Waals surface area (Å²) in [6, 6.07) is 0. The fourth-order valence-corrected chi connectivity index (χ4v) is 4.91. The van der Waals surface area contributed by atoms with E-state index >= 15 is 0 Å². The number of rotatable bonds is 4. The van der Waals surface area contributed by atoms with Crippen LogP contribution >= 0.6 is 23.1 Å². The second-order valence-electron chi connectivity index (χ2n) is 6.23. The van der Waals surface area contributed by atoms with Gasteiger partial charge in [-0.25, -0.2) is 4.98 Å². The monoisotopic (exact) mass is 352 g/mol. The van der Waals surface area contributed by atoms with Gasteiger partial charge in [-0.2, -0.15) is 0 Å². The standard InChI is InChI=1S/C16H20N2O3S2/c1-8(2)21-12(19)7-22-16-17-14(20)13-10-5-4-9(3)6-11(10)23-15(13)18-16/h8-9H,4-7H2,1-3H3,(H,17,18,20)/t9-/m1/s1. The lowest BCUT2D eigenvalue weighted by Gasteiger charge is -2.17. The van der Waals surface area contributed by atoms with Crippen molar-refractivity contribution in [1.29, 1.82) is 0 Å². The number of aromatic amines is 1. The molecule has 0 radical (unpaired) electrons. The highest BCUT2D eigenvalue weighted by molar-refractivity contribution is 7.99. The Kier molecular flexibility index (Phi) is 4.77. The first-order valence-corrected chi connectivity index (χ1v) is 9.61. The molecule has 2 aromatic heterocycles. The van der Waals surface area contributed by atoms with Crippen LogP contribution in [0.5, 0.6) is 0 Å². The Morgan fingerprint density at radius 2 is 2.30 bits per heavy atom. The van der Waals surface area contributed by atoms with Crippen molar-refractivity contribution in [3.8, 4) is 0 Å². The van der Waals surface area contributed by atoms with Gasteiger partial charge in [0.05, 0.1) is 17.2 Å². The molecule has 0 saturated heterocycles. The smallest absolute Gasteiger partial charge is 0.316 e. The van der Waals surface area contributed by atoms with Gasteiger partial charge in [0.1, 0.15) is 4.83 Å². The number of hydrogen-bond acceptors (Lipinski definition) is 6. The molecule has 7 heteroatoms. The van der Waals surface area contributed by atoms with E-state index in [2.05, 4.69) is 16.9 Å². The molecular formula is C16H20N2O3S2. The number of aryl methyl sites for hydroxylation is 1. The fraction of sp³-hybridized carbons (Fsp3) is 0.562. The van der Waals surface area contributed by atoms with E-state index in [0.29, 0.717) is 11.1 Å². The van der Waals surface area contributed by atoms with Crippen molar-refractivity contribution >= 4 is 39.3 Å². The summed E-state index contributed by atoms with van der Waals surface area (Å²) < 4.78 is 5.09. The number of nitrogens with one attached hydrogen (secondary N) is 1. The zero-order chi connectivity index (χ0) is 16.6. The van der Waals surface area contributed by atoms with Crippen molar-refractivity contribution in [3.05, 3.63) is 20.8 Å². The van der Waals surface area contributed by atoms with Crippen LogP contribution < -0.4 is 5.56 Å². The fourth-order valence-electron chi connectivity index (χ4n) is 2.82. The molecule has 2 aromatic rings. The van der Waals surface area contributed by atoms with Crippen LogP contribution in [0.3, 0.4) is 0 Å².